The molecule has 2 rings (SSSR count). The second kappa shape index (κ2) is 11.1. The van der Waals surface area contributed by atoms with E-state index in [0.717, 1.165) is 17.5 Å². The quantitative estimate of drug-likeness (QED) is 0.623. The van der Waals surface area contributed by atoms with Crippen LogP contribution in [0.3, 0.4) is 0 Å². The zero-order valence-electron chi connectivity index (χ0n) is 17.3. The molecule has 5 heteroatoms. The summed E-state index contributed by atoms with van der Waals surface area (Å²) in [5, 5.41) is 2.68. The monoisotopic (exact) mass is 395 g/mol. The number of rotatable bonds is 10. The number of nitrogens with one attached hydrogen (secondary N) is 1. The maximum atomic E-state index is 12.7. The van der Waals surface area contributed by atoms with Crippen molar-refractivity contribution in [3.63, 3.8) is 0 Å². The van der Waals surface area contributed by atoms with Crippen LogP contribution in [-0.4, -0.2) is 30.3 Å². The molecule has 29 heavy (non-hydrogen) atoms. The molecule has 5 nitrogen and oxygen atoms in total. The molecular weight excluding hydrogens is 366 g/mol. The Balaban J connectivity index is 1.96. The lowest BCUT2D eigenvalue weighted by atomic mass is 9.86. The van der Waals surface area contributed by atoms with Crippen LogP contribution < -0.4 is 5.32 Å². The lowest BCUT2D eigenvalue weighted by Crippen LogP contribution is -2.43. The van der Waals surface area contributed by atoms with Crippen LogP contribution in [0.25, 0.3) is 0 Å². The Hall–Kier alpha value is -2.95. The normalized spacial score (nSPS) is 13.8. The van der Waals surface area contributed by atoms with Crippen LogP contribution in [0.2, 0.25) is 0 Å². The molecule has 0 bridgehead atoms. The molecule has 2 aromatic rings. The van der Waals surface area contributed by atoms with Crippen LogP contribution in [0.5, 0.6) is 0 Å². The molecule has 0 aliphatic rings. The number of benzene rings is 2. The van der Waals surface area contributed by atoms with Crippen molar-refractivity contribution in [2.75, 3.05) is 6.61 Å². The number of ketones is 1. The fourth-order valence-corrected chi connectivity index (χ4v) is 3.20. The van der Waals surface area contributed by atoms with Gasteiger partial charge in [-0.3, -0.25) is 14.4 Å². The van der Waals surface area contributed by atoms with Gasteiger partial charge in [0.1, 0.15) is 0 Å². The summed E-state index contributed by atoms with van der Waals surface area (Å²) >= 11 is 0. The summed E-state index contributed by atoms with van der Waals surface area (Å²) in [5.41, 5.74) is 1.82. The zero-order chi connectivity index (χ0) is 21.2. The first kappa shape index (κ1) is 22.3. The highest BCUT2D eigenvalue weighted by Crippen LogP contribution is 2.28. The predicted octanol–water partition coefficient (Wildman–Crippen LogP) is 3.68. The van der Waals surface area contributed by atoms with Gasteiger partial charge in [0.2, 0.25) is 0 Å². The molecule has 0 unspecified atom stereocenters. The third-order valence-corrected chi connectivity index (χ3v) is 5.08. The molecule has 0 spiro atoms. The second-order valence-electron chi connectivity index (χ2n) is 7.30. The minimum Gasteiger partial charge on any atom is -0.455 e. The molecule has 0 aliphatic heterocycles. The van der Waals surface area contributed by atoms with Crippen LogP contribution in [0, 0.1) is 5.92 Å². The molecule has 154 valence electrons. The van der Waals surface area contributed by atoms with Crippen LogP contribution in [0.4, 0.5) is 0 Å². The van der Waals surface area contributed by atoms with Crippen molar-refractivity contribution in [1.82, 2.24) is 5.32 Å². The van der Waals surface area contributed by atoms with E-state index in [0.29, 0.717) is 6.42 Å². The third-order valence-electron chi connectivity index (χ3n) is 5.08. The van der Waals surface area contributed by atoms with E-state index < -0.39 is 30.4 Å². The first-order chi connectivity index (χ1) is 13.9. The molecule has 1 N–H and O–H groups in total. The molecule has 0 aromatic heterocycles. The van der Waals surface area contributed by atoms with E-state index in [4.69, 9.17) is 4.74 Å². The number of esters is 1. The van der Waals surface area contributed by atoms with Crippen molar-refractivity contribution in [2.24, 2.45) is 5.92 Å². The molecule has 0 saturated heterocycles. The minimum absolute atomic E-state index is 0.0796. The van der Waals surface area contributed by atoms with E-state index >= 15 is 0 Å². The summed E-state index contributed by atoms with van der Waals surface area (Å²) in [6.07, 6.45) is 1.21. The summed E-state index contributed by atoms with van der Waals surface area (Å²) in [5.74, 6) is -1.40. The van der Waals surface area contributed by atoms with E-state index in [1.165, 1.54) is 6.92 Å². The number of carbonyl (C=O) groups is 3. The summed E-state index contributed by atoms with van der Waals surface area (Å²) < 4.78 is 5.31. The van der Waals surface area contributed by atoms with Crippen molar-refractivity contribution >= 4 is 17.7 Å². The van der Waals surface area contributed by atoms with Crippen LogP contribution in [0.1, 0.15) is 44.2 Å². The average Bonchev–Trinajstić information content (AvgIpc) is 2.73. The van der Waals surface area contributed by atoms with Crippen molar-refractivity contribution in [3.8, 4) is 0 Å². The highest BCUT2D eigenvalue weighted by molar-refractivity contribution is 5.89. The summed E-state index contributed by atoms with van der Waals surface area (Å²) in [7, 11) is 0. The molecule has 3 atom stereocenters. The van der Waals surface area contributed by atoms with Crippen molar-refractivity contribution in [2.45, 2.75) is 45.6 Å². The highest BCUT2D eigenvalue weighted by atomic mass is 16.5. The van der Waals surface area contributed by atoms with Gasteiger partial charge < -0.3 is 10.1 Å². The lowest BCUT2D eigenvalue weighted by molar-refractivity contribution is -0.151. The van der Waals surface area contributed by atoms with Gasteiger partial charge >= 0.3 is 5.97 Å². The van der Waals surface area contributed by atoms with Gasteiger partial charge in [-0.15, -0.1) is 0 Å². The van der Waals surface area contributed by atoms with Crippen molar-refractivity contribution in [3.05, 3.63) is 71.8 Å². The number of hydrogen-bond donors (Lipinski definition) is 1. The predicted molar refractivity (Wildman–Crippen MR) is 112 cm³/mol. The van der Waals surface area contributed by atoms with Gasteiger partial charge in [0, 0.05) is 0 Å². The number of carbonyl (C=O) groups excluding carboxylic acids is 3. The van der Waals surface area contributed by atoms with Gasteiger partial charge in [-0.1, -0.05) is 80.9 Å². The number of Topliss-reactive ketones (excluding diaryl/α,β-unsaturated/α-hetero) is 1. The molecule has 0 heterocycles. The SMILES string of the molecule is CC[C@H](C)[C@H](C(=O)OCC(=O)N[C@@H](Cc1ccccc1)C(C)=O)c1ccccc1. The van der Waals surface area contributed by atoms with E-state index in [1.807, 2.05) is 74.5 Å². The molecule has 2 aromatic carbocycles. The van der Waals surface area contributed by atoms with E-state index in [1.54, 1.807) is 0 Å². The third kappa shape index (κ3) is 6.86. The second-order valence-corrected chi connectivity index (χ2v) is 7.30. The molecule has 0 aliphatic carbocycles. The number of hydrogen-bond acceptors (Lipinski definition) is 4. The fraction of sp³-hybridized carbons (Fsp3) is 0.375. The molecular formula is C24H29NO4. The lowest BCUT2D eigenvalue weighted by Gasteiger charge is -2.22. The van der Waals surface area contributed by atoms with Crippen LogP contribution in [0.15, 0.2) is 60.7 Å². The van der Waals surface area contributed by atoms with Gasteiger partial charge in [0.05, 0.1) is 12.0 Å². The van der Waals surface area contributed by atoms with E-state index in [-0.39, 0.29) is 11.7 Å². The minimum atomic E-state index is -0.650. The molecule has 0 saturated carbocycles. The Morgan fingerprint density at radius 3 is 2.10 bits per heavy atom. The number of ether oxygens (including phenoxy) is 1. The Morgan fingerprint density at radius 1 is 0.966 bits per heavy atom. The maximum absolute atomic E-state index is 12.7. The smallest absolute Gasteiger partial charge is 0.314 e. The molecule has 0 fully saturated rings. The van der Waals surface area contributed by atoms with Crippen LogP contribution in [-0.2, 0) is 25.5 Å². The summed E-state index contributed by atoms with van der Waals surface area (Å²) in [6.45, 7) is 5.04. The Labute approximate surface area is 172 Å². The molecule has 0 radical (unpaired) electrons. The largest absolute Gasteiger partial charge is 0.455 e. The Morgan fingerprint density at radius 2 is 1.55 bits per heavy atom. The van der Waals surface area contributed by atoms with Crippen molar-refractivity contribution in [1.29, 1.82) is 0 Å². The first-order valence-corrected chi connectivity index (χ1v) is 9.97. The topological polar surface area (TPSA) is 72.5 Å². The average molecular weight is 395 g/mol. The fourth-order valence-electron chi connectivity index (χ4n) is 3.20. The highest BCUT2D eigenvalue weighted by Gasteiger charge is 2.28. The summed E-state index contributed by atoms with van der Waals surface area (Å²) in [4.78, 5) is 36.9. The zero-order valence-corrected chi connectivity index (χ0v) is 17.3. The van der Waals surface area contributed by atoms with Gasteiger partial charge in [-0.05, 0) is 30.4 Å². The van der Waals surface area contributed by atoms with Gasteiger partial charge in [0.15, 0.2) is 12.4 Å². The van der Waals surface area contributed by atoms with Gasteiger partial charge in [-0.2, -0.15) is 0 Å². The summed E-state index contributed by atoms with van der Waals surface area (Å²) in [6, 6.07) is 18.3. The first-order valence-electron chi connectivity index (χ1n) is 9.97. The van der Waals surface area contributed by atoms with Gasteiger partial charge in [0.25, 0.3) is 5.91 Å². The van der Waals surface area contributed by atoms with Crippen molar-refractivity contribution < 1.29 is 19.1 Å². The van der Waals surface area contributed by atoms with Crippen LogP contribution >= 0.6 is 0 Å². The van der Waals surface area contributed by atoms with Gasteiger partial charge in [-0.25, -0.2) is 0 Å². The van der Waals surface area contributed by atoms with E-state index in [2.05, 4.69) is 5.32 Å². The maximum Gasteiger partial charge on any atom is 0.314 e. The standard InChI is InChI=1S/C24H29NO4/c1-4-17(2)23(20-13-9-6-10-14-20)24(28)29-16-22(27)25-21(18(3)26)15-19-11-7-5-8-12-19/h5-14,17,21,23H,4,15-16H2,1-3H3,(H,25,27)/t17-,21-,23-/m0/s1. The number of amides is 1. The Kier molecular flexibility index (Phi) is 8.59. The Bertz CT molecular complexity index is 804. The molecule has 1 amide bonds. The van der Waals surface area contributed by atoms with E-state index in [9.17, 15) is 14.4 Å².